The molecule has 12 nitrogen and oxygen atoms in total. The van der Waals surface area contributed by atoms with Crippen molar-refractivity contribution in [2.45, 2.75) is 107 Å². The van der Waals surface area contributed by atoms with Gasteiger partial charge >= 0.3 is 5.97 Å². The molecule has 0 radical (unpaired) electrons. The summed E-state index contributed by atoms with van der Waals surface area (Å²) in [5, 5.41) is 13.3. The van der Waals surface area contributed by atoms with Crippen molar-refractivity contribution >= 4 is 37.0 Å². The van der Waals surface area contributed by atoms with Gasteiger partial charge in [0.25, 0.3) is 20.1 Å². The van der Waals surface area contributed by atoms with E-state index in [1.165, 1.54) is 120 Å². The van der Waals surface area contributed by atoms with Crippen molar-refractivity contribution in [2.75, 3.05) is 13.2 Å². The van der Waals surface area contributed by atoms with Crippen LogP contribution in [0.3, 0.4) is 0 Å². The van der Waals surface area contributed by atoms with Gasteiger partial charge in [0.2, 0.25) is 0 Å². The molecule has 0 aliphatic rings. The Morgan fingerprint density at radius 2 is 1.22 bits per heavy atom. The van der Waals surface area contributed by atoms with Crippen LogP contribution in [0.4, 0.5) is 0 Å². The molecule has 0 atom stereocenters. The van der Waals surface area contributed by atoms with Crippen LogP contribution in [0, 0.1) is 0 Å². The Balaban J connectivity index is 1.39. The third kappa shape index (κ3) is 13.2. The zero-order valence-electron chi connectivity index (χ0n) is 31.2. The Bertz CT molecular complexity index is 2100. The number of benzene rings is 3. The number of carboxylic acids is 1. The van der Waals surface area contributed by atoms with Crippen molar-refractivity contribution in [1.29, 1.82) is 0 Å². The second kappa shape index (κ2) is 20.9. The molecular formula is C40H53N3O9S2. The van der Waals surface area contributed by atoms with Gasteiger partial charge in [-0.2, -0.15) is 26.8 Å². The Kier molecular flexibility index (Phi) is 16.4. The Labute approximate surface area is 319 Å². The summed E-state index contributed by atoms with van der Waals surface area (Å²) >= 11 is 0. The molecule has 1 heterocycles. The summed E-state index contributed by atoms with van der Waals surface area (Å²) in [6.45, 7) is 2.30. The maximum absolute atomic E-state index is 13.2. The molecule has 0 spiro atoms. The molecule has 0 amide bonds. The molecule has 4 rings (SSSR count). The first kappa shape index (κ1) is 42.3. The van der Waals surface area contributed by atoms with E-state index in [1.54, 1.807) is 13.1 Å². The molecular weight excluding hydrogens is 731 g/mol. The fourth-order valence-electron chi connectivity index (χ4n) is 6.21. The fourth-order valence-corrected chi connectivity index (χ4v) is 7.53. The average molecular weight is 784 g/mol. The molecule has 0 saturated carbocycles. The van der Waals surface area contributed by atoms with Gasteiger partial charge in [0, 0.05) is 12.4 Å². The van der Waals surface area contributed by atoms with E-state index in [2.05, 4.69) is 16.9 Å². The second-order valence-corrected chi connectivity index (χ2v) is 16.5. The summed E-state index contributed by atoms with van der Waals surface area (Å²) in [6, 6.07) is 18.2. The van der Waals surface area contributed by atoms with Gasteiger partial charge in [-0.1, -0.05) is 90.4 Å². The predicted octanol–water partition coefficient (Wildman–Crippen LogP) is 8.21. The zero-order valence-corrected chi connectivity index (χ0v) is 32.8. The first-order valence-corrected chi connectivity index (χ1v) is 21.7. The van der Waals surface area contributed by atoms with Gasteiger partial charge in [-0.25, -0.2) is 4.79 Å². The lowest BCUT2D eigenvalue weighted by Crippen LogP contribution is -2.23. The Morgan fingerprint density at radius 3 is 1.78 bits per heavy atom. The number of nitrogens with one attached hydrogen (secondary N) is 1. The molecule has 0 saturated heterocycles. The van der Waals surface area contributed by atoms with Gasteiger partial charge in [-0.15, -0.1) is 0 Å². The molecule has 0 fully saturated rings. The first-order valence-electron chi connectivity index (χ1n) is 18.7. The van der Waals surface area contributed by atoms with Crippen molar-refractivity contribution in [3.8, 4) is 22.8 Å². The molecule has 0 unspecified atom stereocenters. The summed E-state index contributed by atoms with van der Waals surface area (Å²) in [4.78, 5) is 12.4. The summed E-state index contributed by atoms with van der Waals surface area (Å²) in [7, 11) is -6.99. The van der Waals surface area contributed by atoms with E-state index in [9.17, 15) is 26.2 Å². The van der Waals surface area contributed by atoms with Crippen LogP contribution < -0.4 is 19.7 Å². The molecule has 14 heteroatoms. The third-order valence-electron chi connectivity index (χ3n) is 9.24. The summed E-state index contributed by atoms with van der Waals surface area (Å²) in [5.74, 6) is -0.276. The highest BCUT2D eigenvalue weighted by molar-refractivity contribution is 7.89. The highest BCUT2D eigenvalue weighted by atomic mass is 32.2. The van der Waals surface area contributed by atoms with E-state index in [-0.39, 0.29) is 26.3 Å². The van der Waals surface area contributed by atoms with E-state index in [1.807, 2.05) is 28.8 Å². The Morgan fingerprint density at radius 1 is 0.704 bits per heavy atom. The maximum atomic E-state index is 13.2. The van der Waals surface area contributed by atoms with Gasteiger partial charge in [-0.05, 0) is 84.8 Å². The van der Waals surface area contributed by atoms with Crippen LogP contribution in [0.1, 0.15) is 96.8 Å². The van der Waals surface area contributed by atoms with Crippen molar-refractivity contribution in [3.63, 3.8) is 0 Å². The molecule has 3 N–H and O–H groups in total. The molecule has 1 aromatic heterocycles. The summed E-state index contributed by atoms with van der Waals surface area (Å²) in [5.41, 5.74) is 1.95. The number of unbranched alkanes of at least 4 members (excludes halogenated alkanes) is 13. The van der Waals surface area contributed by atoms with Crippen LogP contribution in [0.2, 0.25) is 0 Å². The lowest BCUT2D eigenvalue weighted by molar-refractivity contribution is -0.139. The third-order valence-corrected chi connectivity index (χ3v) is 11.3. The molecule has 0 aliphatic heterocycles. The minimum Gasteiger partial charge on any atom is -0.494 e. The molecule has 4 aromatic rings. The molecule has 0 aliphatic carbocycles. The quantitative estimate of drug-likeness (QED) is 0.0360. The van der Waals surface area contributed by atoms with Crippen LogP contribution >= 0.6 is 0 Å². The van der Waals surface area contributed by atoms with Gasteiger partial charge < -0.3 is 19.1 Å². The van der Waals surface area contributed by atoms with Crippen LogP contribution in [-0.4, -0.2) is 50.2 Å². The second-order valence-electron chi connectivity index (χ2n) is 13.5. The standard InChI is InChI=1S/C40H53N3O9S2/c1-3-4-5-6-7-8-9-10-11-12-13-14-15-16-27-51-32-19-17-31(18-20-32)39-29-37(36-28-35(54(48,49)50)25-26-38(36)43(39)2)41-42-53(46,47)34-23-21-33(22-24-34)52-30-40(44)45/h17-26,28-29,42H,3-16,27,30H2,1-2H3,(H,44,45)(H,48,49,50)/b41-37-. The molecule has 294 valence electrons. The fraction of sp³-hybridized carbons (Fsp3) is 0.450. The lowest BCUT2D eigenvalue weighted by atomic mass is 10.0. The first-order chi connectivity index (χ1) is 25.9. The minimum atomic E-state index is -4.57. The number of aromatic nitrogens is 1. The van der Waals surface area contributed by atoms with Crippen LogP contribution in [0.25, 0.3) is 22.2 Å². The van der Waals surface area contributed by atoms with Gasteiger partial charge in [0.15, 0.2) is 6.61 Å². The highest BCUT2D eigenvalue weighted by Crippen LogP contribution is 2.26. The van der Waals surface area contributed by atoms with E-state index in [4.69, 9.17) is 14.6 Å². The number of hydrogen-bond acceptors (Lipinski definition) is 8. The molecule has 0 bridgehead atoms. The molecule has 3 aromatic carbocycles. The number of ether oxygens (including phenoxy) is 2. The maximum Gasteiger partial charge on any atom is 0.341 e. The van der Waals surface area contributed by atoms with Crippen molar-refractivity contribution < 1.29 is 40.8 Å². The van der Waals surface area contributed by atoms with Crippen molar-refractivity contribution in [1.82, 2.24) is 9.40 Å². The van der Waals surface area contributed by atoms with E-state index >= 15 is 0 Å². The smallest absolute Gasteiger partial charge is 0.341 e. The zero-order chi connectivity index (χ0) is 39.0. The number of rotatable bonds is 24. The number of fused-ring (bicyclic) bond motifs is 1. The number of carboxylic acid groups (broad SMARTS) is 1. The average Bonchev–Trinajstić information content (AvgIpc) is 3.15. The monoisotopic (exact) mass is 783 g/mol. The van der Waals surface area contributed by atoms with Gasteiger partial charge in [0.1, 0.15) is 11.5 Å². The van der Waals surface area contributed by atoms with Crippen molar-refractivity contribution in [3.05, 3.63) is 78.2 Å². The van der Waals surface area contributed by atoms with Crippen LogP contribution in [-0.2, 0) is 32.0 Å². The van der Waals surface area contributed by atoms with Gasteiger partial charge in [-0.3, -0.25) is 4.55 Å². The SMILES string of the molecule is CCCCCCCCCCCCCCCCOc1ccc(-c2c/c(=N/NS(=O)(=O)c3ccc(OCC(=O)O)cc3)c3cc(S(=O)(=O)O)ccc3n2C)cc1. The number of pyridine rings is 1. The minimum absolute atomic E-state index is 0.103. The van der Waals surface area contributed by atoms with E-state index in [0.717, 1.165) is 24.2 Å². The summed E-state index contributed by atoms with van der Waals surface area (Å²) < 4.78 is 72.9. The van der Waals surface area contributed by atoms with Gasteiger partial charge in [0.05, 0.1) is 33.0 Å². The Hall–Kier alpha value is -4.40. The highest BCUT2D eigenvalue weighted by Gasteiger charge is 2.17. The number of sulfonamides is 1. The van der Waals surface area contributed by atoms with Crippen LogP contribution in [0.5, 0.6) is 11.5 Å². The van der Waals surface area contributed by atoms with Crippen molar-refractivity contribution in [2.24, 2.45) is 12.1 Å². The lowest BCUT2D eigenvalue weighted by Gasteiger charge is -2.15. The summed E-state index contributed by atoms with van der Waals surface area (Å²) in [6.07, 6.45) is 18.1. The predicted molar refractivity (Wildman–Crippen MR) is 209 cm³/mol. The van der Waals surface area contributed by atoms with E-state index in [0.29, 0.717) is 17.8 Å². The number of carbonyl (C=O) groups is 1. The topological polar surface area (TPSA) is 174 Å². The number of aliphatic carboxylic acids is 1. The van der Waals surface area contributed by atoms with E-state index < -0.39 is 32.7 Å². The van der Waals surface area contributed by atoms with Crippen LogP contribution in [0.15, 0.2) is 87.7 Å². The largest absolute Gasteiger partial charge is 0.494 e. The number of nitrogens with zero attached hydrogens (tertiary/aromatic N) is 2. The number of hydrogen-bond donors (Lipinski definition) is 3. The molecule has 54 heavy (non-hydrogen) atoms. The number of aryl methyl sites for hydroxylation is 1. The normalized spacial score (nSPS) is 12.2.